The highest BCUT2D eigenvalue weighted by Gasteiger charge is 2.30. The number of carbonyl (C=O) groups excluding carboxylic acids is 2. The predicted octanol–water partition coefficient (Wildman–Crippen LogP) is 2.71. The van der Waals surface area contributed by atoms with E-state index >= 15 is 0 Å². The Hall–Kier alpha value is -1.22. The molecule has 2 nitrogen and oxygen atoms in total. The second kappa shape index (κ2) is 4.11. The maximum absolute atomic E-state index is 11.7. The lowest BCUT2D eigenvalue weighted by Crippen LogP contribution is -2.24. The van der Waals surface area contributed by atoms with E-state index in [-0.39, 0.29) is 17.5 Å². The van der Waals surface area contributed by atoms with E-state index in [0.717, 1.165) is 4.88 Å². The molecule has 1 aromatic rings. The minimum absolute atomic E-state index is 0.00727. The second-order valence-electron chi connectivity index (χ2n) is 3.67. The SMILES string of the molecule is CC=C1C(=O)CC(c2cccs2)CC1=O. The minimum Gasteiger partial charge on any atom is -0.294 e. The third kappa shape index (κ3) is 1.92. The van der Waals surface area contributed by atoms with Crippen molar-refractivity contribution in [2.45, 2.75) is 25.7 Å². The topological polar surface area (TPSA) is 34.1 Å². The van der Waals surface area contributed by atoms with Gasteiger partial charge in [-0.1, -0.05) is 12.1 Å². The largest absolute Gasteiger partial charge is 0.294 e. The van der Waals surface area contributed by atoms with Gasteiger partial charge < -0.3 is 0 Å². The van der Waals surface area contributed by atoms with Crippen molar-refractivity contribution in [3.05, 3.63) is 34.0 Å². The predicted molar refractivity (Wildman–Crippen MR) is 60.1 cm³/mol. The zero-order chi connectivity index (χ0) is 10.8. The fraction of sp³-hybridized carbons (Fsp3) is 0.333. The standard InChI is InChI=1S/C12H12O2S/c1-2-9-10(13)6-8(7-11(9)14)12-4-3-5-15-12/h2-5,8H,6-7H2,1H3. The summed E-state index contributed by atoms with van der Waals surface area (Å²) in [5, 5.41) is 1.98. The van der Waals surface area contributed by atoms with Gasteiger partial charge in [-0.25, -0.2) is 0 Å². The molecule has 15 heavy (non-hydrogen) atoms. The summed E-state index contributed by atoms with van der Waals surface area (Å²) in [5.41, 5.74) is 0.391. The van der Waals surface area contributed by atoms with Crippen LogP contribution in [-0.4, -0.2) is 11.6 Å². The normalized spacial score (nSPS) is 21.9. The zero-order valence-corrected chi connectivity index (χ0v) is 9.34. The molecule has 1 aliphatic carbocycles. The third-order valence-electron chi connectivity index (χ3n) is 2.70. The molecule has 0 spiro atoms. The average Bonchev–Trinajstić information content (AvgIpc) is 2.69. The van der Waals surface area contributed by atoms with Gasteiger partial charge in [-0.3, -0.25) is 9.59 Å². The molecule has 0 bridgehead atoms. The van der Waals surface area contributed by atoms with E-state index in [1.807, 2.05) is 17.5 Å². The quantitative estimate of drug-likeness (QED) is 0.538. The summed E-state index contributed by atoms with van der Waals surface area (Å²) in [6.07, 6.45) is 2.59. The highest BCUT2D eigenvalue weighted by Crippen LogP contribution is 2.33. The summed E-state index contributed by atoms with van der Waals surface area (Å²) in [7, 11) is 0. The van der Waals surface area contributed by atoms with Crippen LogP contribution < -0.4 is 0 Å². The van der Waals surface area contributed by atoms with Crippen LogP contribution in [-0.2, 0) is 9.59 Å². The highest BCUT2D eigenvalue weighted by atomic mass is 32.1. The van der Waals surface area contributed by atoms with Crippen molar-refractivity contribution < 1.29 is 9.59 Å². The Bertz CT molecular complexity index is 395. The zero-order valence-electron chi connectivity index (χ0n) is 8.53. The molecule has 0 aliphatic heterocycles. The van der Waals surface area contributed by atoms with Crippen molar-refractivity contribution in [1.29, 1.82) is 0 Å². The molecule has 0 amide bonds. The van der Waals surface area contributed by atoms with Gasteiger partial charge in [-0.15, -0.1) is 11.3 Å². The van der Waals surface area contributed by atoms with Crippen LogP contribution in [0.4, 0.5) is 0 Å². The van der Waals surface area contributed by atoms with Crippen molar-refractivity contribution in [2.24, 2.45) is 0 Å². The van der Waals surface area contributed by atoms with Gasteiger partial charge in [-0.2, -0.15) is 0 Å². The lowest BCUT2D eigenvalue weighted by atomic mass is 9.83. The van der Waals surface area contributed by atoms with Crippen molar-refractivity contribution in [1.82, 2.24) is 0 Å². The first-order valence-electron chi connectivity index (χ1n) is 4.98. The number of Topliss-reactive ketones (excluding diaryl/α,β-unsaturated/α-hetero) is 2. The van der Waals surface area contributed by atoms with E-state index in [1.165, 1.54) is 0 Å². The Morgan fingerprint density at radius 3 is 2.47 bits per heavy atom. The van der Waals surface area contributed by atoms with E-state index < -0.39 is 0 Å². The van der Waals surface area contributed by atoms with Gasteiger partial charge in [0.1, 0.15) is 0 Å². The second-order valence-corrected chi connectivity index (χ2v) is 4.65. The number of thiophene rings is 1. The lowest BCUT2D eigenvalue weighted by Gasteiger charge is -2.20. The van der Waals surface area contributed by atoms with Crippen molar-refractivity contribution in [2.75, 3.05) is 0 Å². The van der Waals surface area contributed by atoms with Crippen LogP contribution in [0.15, 0.2) is 29.2 Å². The van der Waals surface area contributed by atoms with Crippen molar-refractivity contribution in [3.63, 3.8) is 0 Å². The van der Waals surface area contributed by atoms with Crippen LogP contribution in [0, 0.1) is 0 Å². The Labute approximate surface area is 92.6 Å². The molecule has 78 valence electrons. The highest BCUT2D eigenvalue weighted by molar-refractivity contribution is 7.10. The van der Waals surface area contributed by atoms with E-state index in [2.05, 4.69) is 0 Å². The summed E-state index contributed by atoms with van der Waals surface area (Å²) in [5.74, 6) is 0.0907. The third-order valence-corrected chi connectivity index (χ3v) is 3.73. The first-order chi connectivity index (χ1) is 7.22. The summed E-state index contributed by atoms with van der Waals surface area (Å²) < 4.78 is 0. The molecule has 0 atom stereocenters. The maximum atomic E-state index is 11.7. The number of hydrogen-bond donors (Lipinski definition) is 0. The number of hydrogen-bond acceptors (Lipinski definition) is 3. The molecule has 0 radical (unpaired) electrons. The van der Waals surface area contributed by atoms with Crippen LogP contribution in [0.1, 0.15) is 30.6 Å². The summed E-state index contributed by atoms with van der Waals surface area (Å²) in [4.78, 5) is 24.5. The molecule has 1 aliphatic rings. The van der Waals surface area contributed by atoms with Crippen LogP contribution in [0.5, 0.6) is 0 Å². The Morgan fingerprint density at radius 2 is 2.00 bits per heavy atom. The first-order valence-corrected chi connectivity index (χ1v) is 5.86. The van der Waals surface area contributed by atoms with Crippen LogP contribution in [0.3, 0.4) is 0 Å². The molecular weight excluding hydrogens is 208 g/mol. The lowest BCUT2D eigenvalue weighted by molar-refractivity contribution is -0.124. The Kier molecular flexibility index (Phi) is 2.82. The molecule has 2 rings (SSSR count). The molecule has 3 heteroatoms. The molecule has 0 saturated heterocycles. The fourth-order valence-corrected chi connectivity index (χ4v) is 2.77. The van der Waals surface area contributed by atoms with E-state index in [0.29, 0.717) is 18.4 Å². The molecule has 1 fully saturated rings. The van der Waals surface area contributed by atoms with Crippen LogP contribution >= 0.6 is 11.3 Å². The summed E-state index contributed by atoms with van der Waals surface area (Å²) >= 11 is 1.62. The molecule has 1 saturated carbocycles. The van der Waals surface area contributed by atoms with E-state index in [9.17, 15) is 9.59 Å². The maximum Gasteiger partial charge on any atom is 0.166 e. The van der Waals surface area contributed by atoms with Gasteiger partial charge >= 0.3 is 0 Å². The van der Waals surface area contributed by atoms with Crippen molar-refractivity contribution in [3.8, 4) is 0 Å². The Balaban J connectivity index is 2.22. The molecule has 1 aromatic heterocycles. The van der Waals surface area contributed by atoms with E-state index in [4.69, 9.17) is 0 Å². The average molecular weight is 220 g/mol. The first kappa shape index (κ1) is 10.3. The number of rotatable bonds is 1. The molecule has 0 aromatic carbocycles. The summed E-state index contributed by atoms with van der Waals surface area (Å²) in [6, 6.07) is 3.96. The van der Waals surface area contributed by atoms with Gasteiger partial charge in [-0.05, 0) is 18.4 Å². The van der Waals surface area contributed by atoms with Crippen LogP contribution in [0.2, 0.25) is 0 Å². The molecule has 0 unspecified atom stereocenters. The number of ketones is 2. The Morgan fingerprint density at radius 1 is 1.33 bits per heavy atom. The minimum atomic E-state index is -0.00727. The van der Waals surface area contributed by atoms with E-state index in [1.54, 1.807) is 24.3 Å². The summed E-state index contributed by atoms with van der Waals surface area (Å²) in [6.45, 7) is 1.75. The molecule has 0 N–H and O–H groups in total. The van der Waals surface area contributed by atoms with Gasteiger partial charge in [0.25, 0.3) is 0 Å². The molecular formula is C12H12O2S. The van der Waals surface area contributed by atoms with Gasteiger partial charge in [0.15, 0.2) is 11.6 Å². The van der Waals surface area contributed by atoms with Crippen LogP contribution in [0.25, 0.3) is 0 Å². The van der Waals surface area contributed by atoms with Gasteiger partial charge in [0, 0.05) is 23.6 Å². The monoisotopic (exact) mass is 220 g/mol. The smallest absolute Gasteiger partial charge is 0.166 e. The fourth-order valence-electron chi connectivity index (χ4n) is 1.94. The number of carbonyl (C=O) groups is 2. The van der Waals surface area contributed by atoms with Gasteiger partial charge in [0.05, 0.1) is 5.57 Å². The van der Waals surface area contributed by atoms with Crippen molar-refractivity contribution >= 4 is 22.9 Å². The molecule has 1 heterocycles. The van der Waals surface area contributed by atoms with Gasteiger partial charge in [0.2, 0.25) is 0 Å². The number of allylic oxidation sites excluding steroid dienone is 2.